The van der Waals surface area contributed by atoms with Crippen molar-refractivity contribution in [2.45, 2.75) is 0 Å². The Morgan fingerprint density at radius 1 is 1.50 bits per heavy atom. The van der Waals surface area contributed by atoms with Crippen LogP contribution in [0, 0.1) is 0 Å². The first-order valence-electron chi connectivity index (χ1n) is 0.752. The Morgan fingerprint density at radius 2 is 1.50 bits per heavy atom. The Morgan fingerprint density at radius 3 is 1.50 bits per heavy atom. The van der Waals surface area contributed by atoms with Gasteiger partial charge in [0.2, 0.25) is 0 Å². The summed E-state index contributed by atoms with van der Waals surface area (Å²) >= 11 is 0. The van der Waals surface area contributed by atoms with Gasteiger partial charge in [0.05, 0.1) is 0 Å². The molecule has 2 N–H and O–H groups in total. The summed E-state index contributed by atoms with van der Waals surface area (Å²) in [5, 5.41) is 0. The summed E-state index contributed by atoms with van der Waals surface area (Å²) in [5.74, 6) is 0. The molecule has 0 aliphatic heterocycles. The largest absolute Gasteiger partial charge is 1.00 e. The molecule has 0 aliphatic rings. The van der Waals surface area contributed by atoms with Gasteiger partial charge < -0.3 is 1.43 Å². The SMILES string of the molecule is O=P(O)(O)F.[Fe].[H-].[Na+].[V]. The third kappa shape index (κ3) is 88.6. The molecule has 0 spiro atoms. The zero-order valence-electron chi connectivity index (χ0n) is 4.93. The number of hydrogen-bond donors (Lipinski definition) is 2. The third-order valence-electron chi connectivity index (χ3n) is 0. The minimum Gasteiger partial charge on any atom is -1.00 e. The summed E-state index contributed by atoms with van der Waals surface area (Å²) in [6.07, 6.45) is 0. The van der Waals surface area contributed by atoms with Crippen molar-refractivity contribution in [3.63, 3.8) is 0 Å². The molecule has 0 rings (SSSR count). The summed E-state index contributed by atoms with van der Waals surface area (Å²) in [6.45, 7) is 0. The van der Waals surface area contributed by atoms with Crippen LogP contribution < -0.4 is 29.6 Å². The molecule has 47 valence electrons. The van der Waals surface area contributed by atoms with Crippen LogP contribution in [-0.2, 0) is 40.2 Å². The summed E-state index contributed by atoms with van der Waals surface area (Å²) in [4.78, 5) is 13.9. The quantitative estimate of drug-likeness (QED) is 0.348. The second-order valence-corrected chi connectivity index (χ2v) is 1.42. The maximum absolute atomic E-state index is 10.4. The van der Waals surface area contributed by atoms with Crippen molar-refractivity contribution in [2.75, 3.05) is 0 Å². The van der Waals surface area contributed by atoms with E-state index in [1.165, 1.54) is 0 Å². The van der Waals surface area contributed by atoms with E-state index >= 15 is 0 Å². The van der Waals surface area contributed by atoms with E-state index in [0.717, 1.165) is 0 Å². The second kappa shape index (κ2) is 9.18. The molecule has 1 radical (unpaired) electrons. The molecule has 0 bridgehead atoms. The molecule has 0 aromatic heterocycles. The van der Waals surface area contributed by atoms with Gasteiger partial charge in [0.15, 0.2) is 0 Å². The molecule has 0 amide bonds. The predicted octanol–water partition coefficient (Wildman–Crippen LogP) is -2.84. The summed E-state index contributed by atoms with van der Waals surface area (Å²) in [7, 11) is -5.14. The summed E-state index contributed by atoms with van der Waals surface area (Å²) in [6, 6.07) is 0. The fraction of sp³-hybridized carbons (Fsp3) is 0. The molecule has 8 heavy (non-hydrogen) atoms. The Hall–Kier alpha value is 2.18. The van der Waals surface area contributed by atoms with Crippen molar-refractivity contribution in [2.24, 2.45) is 0 Å². The van der Waals surface area contributed by atoms with Crippen molar-refractivity contribution in [3.05, 3.63) is 0 Å². The fourth-order valence-corrected chi connectivity index (χ4v) is 0. The average molecular weight is 231 g/mol. The van der Waals surface area contributed by atoms with Crippen LogP contribution in [0.3, 0.4) is 0 Å². The molecular formula is H3FFeNaO3PV. The Balaban J connectivity index is -0.0000000133. The molecular weight excluding hydrogens is 228 g/mol. The number of halogens is 1. The summed E-state index contributed by atoms with van der Waals surface area (Å²) in [5.41, 5.74) is 0. The molecule has 0 atom stereocenters. The molecule has 0 aromatic rings. The molecule has 0 heterocycles. The smallest absolute Gasteiger partial charge is 1.00 e. The first-order chi connectivity index (χ1) is 2.00. The van der Waals surface area contributed by atoms with Gasteiger partial charge in [-0.3, -0.25) is 9.79 Å². The fourth-order valence-electron chi connectivity index (χ4n) is 0. The van der Waals surface area contributed by atoms with E-state index < -0.39 is 7.91 Å². The topological polar surface area (TPSA) is 57.5 Å². The Kier molecular flexibility index (Phi) is 25.8. The zero-order chi connectivity index (χ0) is 4.50. The van der Waals surface area contributed by atoms with Crippen molar-refractivity contribution < 1.29 is 85.2 Å². The van der Waals surface area contributed by atoms with Crippen LogP contribution >= 0.6 is 7.91 Å². The predicted molar refractivity (Wildman–Crippen MR) is 14.3 cm³/mol. The molecule has 0 unspecified atom stereocenters. The molecule has 0 aliphatic carbocycles. The molecule has 0 aromatic carbocycles. The normalized spacial score (nSPS) is 7.38. The van der Waals surface area contributed by atoms with E-state index in [2.05, 4.69) is 0 Å². The molecule has 3 nitrogen and oxygen atoms in total. The van der Waals surface area contributed by atoms with Gasteiger partial charge in [-0.1, -0.05) is 0 Å². The van der Waals surface area contributed by atoms with E-state index in [1.54, 1.807) is 0 Å². The van der Waals surface area contributed by atoms with Crippen LogP contribution in [-0.4, -0.2) is 9.79 Å². The minimum atomic E-state index is -5.14. The van der Waals surface area contributed by atoms with Crippen LogP contribution in [0.25, 0.3) is 0 Å². The average Bonchev–Trinajstić information content (AvgIpc) is 0.722. The van der Waals surface area contributed by atoms with E-state index in [1.807, 2.05) is 0 Å². The first kappa shape index (κ1) is 22.5. The van der Waals surface area contributed by atoms with Gasteiger partial charge in [0, 0.05) is 35.6 Å². The number of rotatable bonds is 0. The monoisotopic (exact) mass is 231 g/mol. The maximum Gasteiger partial charge on any atom is 1.00 e. The van der Waals surface area contributed by atoms with E-state index in [9.17, 15) is 4.20 Å². The van der Waals surface area contributed by atoms with Crippen LogP contribution in [0.4, 0.5) is 4.20 Å². The number of hydrogen-bond acceptors (Lipinski definition) is 1. The van der Waals surface area contributed by atoms with Crippen molar-refractivity contribution in [1.29, 1.82) is 0 Å². The zero-order valence-corrected chi connectivity index (χ0v) is 9.32. The van der Waals surface area contributed by atoms with Gasteiger partial charge >= 0.3 is 37.5 Å². The summed E-state index contributed by atoms with van der Waals surface area (Å²) < 4.78 is 19.0. The van der Waals surface area contributed by atoms with Crippen molar-refractivity contribution >= 4 is 7.91 Å². The van der Waals surface area contributed by atoms with Gasteiger partial charge in [0.1, 0.15) is 0 Å². The Labute approximate surface area is 92.2 Å². The van der Waals surface area contributed by atoms with Crippen LogP contribution in [0.2, 0.25) is 0 Å². The van der Waals surface area contributed by atoms with E-state index in [4.69, 9.17) is 14.4 Å². The molecule has 0 saturated carbocycles. The van der Waals surface area contributed by atoms with Gasteiger partial charge in [-0.25, -0.2) is 4.57 Å². The van der Waals surface area contributed by atoms with Gasteiger partial charge in [-0.2, -0.15) is 0 Å². The molecule has 0 saturated heterocycles. The van der Waals surface area contributed by atoms with Crippen LogP contribution in [0.15, 0.2) is 0 Å². The van der Waals surface area contributed by atoms with Gasteiger partial charge in [-0.05, 0) is 0 Å². The van der Waals surface area contributed by atoms with Gasteiger partial charge in [0.25, 0.3) is 0 Å². The van der Waals surface area contributed by atoms with E-state index in [0.29, 0.717) is 0 Å². The van der Waals surface area contributed by atoms with Crippen LogP contribution in [0.5, 0.6) is 0 Å². The molecule has 0 fully saturated rings. The Bertz CT molecular complexity index is 69.9. The van der Waals surface area contributed by atoms with Gasteiger partial charge in [-0.15, -0.1) is 4.20 Å². The van der Waals surface area contributed by atoms with Crippen LogP contribution in [0.1, 0.15) is 1.43 Å². The van der Waals surface area contributed by atoms with Crippen molar-refractivity contribution in [1.82, 2.24) is 0 Å². The molecule has 8 heteroatoms. The standard InChI is InChI=1S/FH2O3P.Fe.Na.V.H/c1-5(2,3)4;;;;/h(H2,2,3,4);;;;/q;;+1;;-1. The minimum absolute atomic E-state index is 0. The first-order valence-corrected chi connectivity index (χ1v) is 2.25. The second-order valence-electron chi connectivity index (χ2n) is 0.473. The van der Waals surface area contributed by atoms with Crippen molar-refractivity contribution in [3.8, 4) is 0 Å². The third-order valence-corrected chi connectivity index (χ3v) is 0. The maximum atomic E-state index is 10.4. The van der Waals surface area contributed by atoms with E-state index in [-0.39, 0.29) is 66.6 Å².